The van der Waals surface area contributed by atoms with E-state index in [0.29, 0.717) is 58.8 Å². The summed E-state index contributed by atoms with van der Waals surface area (Å²) in [7, 11) is 0. The standard InChI is InChI=1S/C46H49ClN6O6S2/c1-3-40(51-44(55)42-22-21-33(61-42)25-50-46(57)59-26-38-36-14-8-6-12-34(36)35-13-7-9-15-37(35)38)41(29-60-28-31-11-5-10-16-39(31)47)52-53-45(56)49-24-23-30-17-19-32(20-18-30)58-27-43(54)48-4-2/h5-22,38,40H,3-4,23-29H2,1-2H3,(H,48,54)(H,50,57)(H,51,55)(H2,49,53,56)/b52-41+/t40-/m0/s1. The number of fused-ring (bicyclic) bond motifs is 3. The minimum Gasteiger partial charge on any atom is -0.484 e. The third kappa shape index (κ3) is 12.8. The van der Waals surface area contributed by atoms with Crippen LogP contribution in [0.3, 0.4) is 0 Å². The molecule has 0 spiro atoms. The van der Waals surface area contributed by atoms with Crippen molar-refractivity contribution in [3.05, 3.63) is 146 Å². The number of alkyl carbamates (subject to hydrolysis) is 1. The van der Waals surface area contributed by atoms with Gasteiger partial charge in [-0.15, -0.1) is 11.3 Å². The number of carbonyl (C=O) groups is 4. The van der Waals surface area contributed by atoms with Gasteiger partial charge in [-0.2, -0.15) is 16.9 Å². The Morgan fingerprint density at radius 3 is 2.25 bits per heavy atom. The molecule has 0 bridgehead atoms. The number of urea groups is 1. The summed E-state index contributed by atoms with van der Waals surface area (Å²) in [4.78, 5) is 52.2. The van der Waals surface area contributed by atoms with Gasteiger partial charge >= 0.3 is 12.1 Å². The lowest BCUT2D eigenvalue weighted by atomic mass is 9.98. The fourth-order valence-electron chi connectivity index (χ4n) is 6.78. The molecule has 5 amide bonds. The number of hydrogen-bond acceptors (Lipinski definition) is 9. The minimum absolute atomic E-state index is 0.0431. The van der Waals surface area contributed by atoms with Crippen LogP contribution in [0.4, 0.5) is 9.59 Å². The number of hydrazone groups is 1. The average molecular weight is 882 g/mol. The molecule has 0 unspecified atom stereocenters. The maximum absolute atomic E-state index is 13.6. The normalized spacial score (nSPS) is 12.4. The number of carbonyl (C=O) groups excluding carboxylic acids is 4. The quantitative estimate of drug-likeness (QED) is 0.0389. The van der Waals surface area contributed by atoms with E-state index in [4.69, 9.17) is 21.1 Å². The molecule has 318 valence electrons. The molecule has 1 aliphatic rings. The molecular weight excluding hydrogens is 832 g/mol. The van der Waals surface area contributed by atoms with Gasteiger partial charge in [0.05, 0.1) is 23.2 Å². The predicted octanol–water partition coefficient (Wildman–Crippen LogP) is 8.29. The highest BCUT2D eigenvalue weighted by Crippen LogP contribution is 2.44. The first-order chi connectivity index (χ1) is 29.7. The summed E-state index contributed by atoms with van der Waals surface area (Å²) in [5, 5.41) is 16.6. The van der Waals surface area contributed by atoms with E-state index in [0.717, 1.165) is 38.3 Å². The smallest absolute Gasteiger partial charge is 0.407 e. The van der Waals surface area contributed by atoms with Crippen molar-refractivity contribution in [1.29, 1.82) is 0 Å². The number of benzene rings is 4. The third-order valence-corrected chi connectivity index (χ3v) is 12.4. The maximum atomic E-state index is 13.6. The molecule has 1 heterocycles. The van der Waals surface area contributed by atoms with E-state index in [2.05, 4.69) is 56.1 Å². The Hall–Kier alpha value is -5.83. The van der Waals surface area contributed by atoms with Gasteiger partial charge in [0.25, 0.3) is 11.8 Å². The van der Waals surface area contributed by atoms with Crippen molar-refractivity contribution in [2.24, 2.45) is 5.10 Å². The molecule has 1 aromatic heterocycles. The number of nitrogens with one attached hydrogen (secondary N) is 5. The maximum Gasteiger partial charge on any atom is 0.407 e. The molecule has 5 aromatic rings. The summed E-state index contributed by atoms with van der Waals surface area (Å²) < 4.78 is 11.2. The molecule has 0 radical (unpaired) electrons. The summed E-state index contributed by atoms with van der Waals surface area (Å²) in [6.45, 7) is 5.03. The van der Waals surface area contributed by atoms with Crippen molar-refractivity contribution in [3.63, 3.8) is 0 Å². The Bertz CT molecular complexity index is 2270. The van der Waals surface area contributed by atoms with Gasteiger partial charge in [-0.3, -0.25) is 9.59 Å². The lowest BCUT2D eigenvalue weighted by Crippen LogP contribution is -2.43. The van der Waals surface area contributed by atoms with E-state index >= 15 is 0 Å². The fourth-order valence-corrected chi connectivity index (χ4v) is 8.96. The van der Waals surface area contributed by atoms with Gasteiger partial charge in [0, 0.05) is 40.4 Å². The number of hydrogen-bond donors (Lipinski definition) is 5. The second kappa shape index (κ2) is 22.7. The molecule has 6 rings (SSSR count). The zero-order valence-corrected chi connectivity index (χ0v) is 36.4. The topological polar surface area (TPSA) is 159 Å². The van der Waals surface area contributed by atoms with Gasteiger partial charge in [0.15, 0.2) is 6.61 Å². The largest absolute Gasteiger partial charge is 0.484 e. The lowest BCUT2D eigenvalue weighted by molar-refractivity contribution is -0.122. The summed E-state index contributed by atoms with van der Waals surface area (Å²) in [6.07, 6.45) is 0.547. The highest BCUT2D eigenvalue weighted by Gasteiger charge is 2.29. The van der Waals surface area contributed by atoms with Crippen LogP contribution in [0, 0.1) is 0 Å². The fraction of sp³-hybridized carbons (Fsp3) is 0.283. The Morgan fingerprint density at radius 2 is 1.54 bits per heavy atom. The summed E-state index contributed by atoms with van der Waals surface area (Å²) in [6, 6.07) is 33.9. The Morgan fingerprint density at radius 1 is 0.836 bits per heavy atom. The molecule has 0 aliphatic heterocycles. The van der Waals surface area contributed by atoms with Crippen molar-refractivity contribution < 1.29 is 28.7 Å². The first-order valence-corrected chi connectivity index (χ1v) is 22.5. The number of likely N-dealkylation sites (N-methyl/N-ethyl adjacent to an activating group) is 1. The van der Waals surface area contributed by atoms with Crippen LogP contribution in [0.25, 0.3) is 11.1 Å². The zero-order valence-electron chi connectivity index (χ0n) is 34.0. The van der Waals surface area contributed by atoms with Crippen LogP contribution in [-0.2, 0) is 28.2 Å². The van der Waals surface area contributed by atoms with Crippen LogP contribution in [0.15, 0.2) is 114 Å². The van der Waals surface area contributed by atoms with Gasteiger partial charge in [0.2, 0.25) is 0 Å². The van der Waals surface area contributed by atoms with Gasteiger partial charge in [-0.25, -0.2) is 15.0 Å². The van der Waals surface area contributed by atoms with Crippen LogP contribution in [0.1, 0.15) is 63.0 Å². The SMILES string of the molecule is CCNC(=O)COc1ccc(CCNC(=O)N/N=C(\CSCc2ccccc2Cl)[C@H](CC)NC(=O)c2ccc(CNC(=O)OCC3c4ccccc4-c4ccccc43)s2)cc1. The van der Waals surface area contributed by atoms with Crippen LogP contribution in [0.5, 0.6) is 5.75 Å². The van der Waals surface area contributed by atoms with Crippen molar-refractivity contribution in [2.75, 3.05) is 32.1 Å². The number of halogens is 1. The number of thiophene rings is 1. The van der Waals surface area contributed by atoms with E-state index < -0.39 is 18.2 Å². The van der Waals surface area contributed by atoms with E-state index in [1.165, 1.54) is 11.3 Å². The summed E-state index contributed by atoms with van der Waals surface area (Å²) >= 11 is 9.25. The van der Waals surface area contributed by atoms with Gasteiger partial charge < -0.3 is 30.7 Å². The molecule has 12 nitrogen and oxygen atoms in total. The Labute approximate surface area is 369 Å². The molecule has 1 aliphatic carbocycles. The second-order valence-electron chi connectivity index (χ2n) is 14.1. The van der Waals surface area contributed by atoms with Gasteiger partial charge in [0.1, 0.15) is 12.4 Å². The monoisotopic (exact) mass is 880 g/mol. The number of amides is 5. The molecule has 15 heteroatoms. The minimum atomic E-state index is -0.533. The average Bonchev–Trinajstić information content (AvgIpc) is 3.89. The van der Waals surface area contributed by atoms with E-state index in [1.54, 1.807) is 36.0 Å². The van der Waals surface area contributed by atoms with Crippen molar-refractivity contribution in [2.45, 2.75) is 50.9 Å². The van der Waals surface area contributed by atoms with Crippen molar-refractivity contribution in [3.8, 4) is 16.9 Å². The van der Waals surface area contributed by atoms with Crippen molar-refractivity contribution in [1.82, 2.24) is 26.7 Å². The number of rotatable bonds is 20. The number of nitrogens with zero attached hydrogens (tertiary/aromatic N) is 1. The van der Waals surface area contributed by atoms with Crippen LogP contribution in [0.2, 0.25) is 5.02 Å². The zero-order chi connectivity index (χ0) is 43.0. The lowest BCUT2D eigenvalue weighted by Gasteiger charge is -2.19. The second-order valence-corrected chi connectivity index (χ2v) is 16.6. The molecular formula is C46H49ClN6O6S2. The van der Waals surface area contributed by atoms with Gasteiger partial charge in [-0.05, 0) is 83.5 Å². The van der Waals surface area contributed by atoms with Crippen LogP contribution < -0.4 is 31.4 Å². The van der Waals surface area contributed by atoms with Crippen LogP contribution in [-0.4, -0.2) is 67.7 Å². The molecule has 4 aromatic carbocycles. The van der Waals surface area contributed by atoms with Crippen LogP contribution >= 0.6 is 34.7 Å². The Balaban J connectivity index is 1.00. The summed E-state index contributed by atoms with van der Waals surface area (Å²) in [5.41, 5.74) is 9.74. The van der Waals surface area contributed by atoms with E-state index in [-0.39, 0.29) is 37.5 Å². The molecule has 61 heavy (non-hydrogen) atoms. The summed E-state index contributed by atoms with van der Waals surface area (Å²) in [5.74, 6) is 1.08. The highest BCUT2D eigenvalue weighted by molar-refractivity contribution is 7.99. The Kier molecular flexibility index (Phi) is 16.6. The van der Waals surface area contributed by atoms with E-state index in [9.17, 15) is 19.2 Å². The van der Waals surface area contributed by atoms with Gasteiger partial charge in [-0.1, -0.05) is 97.4 Å². The first-order valence-electron chi connectivity index (χ1n) is 20.1. The number of ether oxygens (including phenoxy) is 2. The molecule has 1 atom stereocenters. The molecule has 5 N–H and O–H groups in total. The highest BCUT2D eigenvalue weighted by atomic mass is 35.5. The van der Waals surface area contributed by atoms with E-state index in [1.807, 2.05) is 74.5 Å². The predicted molar refractivity (Wildman–Crippen MR) is 244 cm³/mol. The molecule has 0 saturated heterocycles. The van der Waals surface area contributed by atoms with Crippen molar-refractivity contribution >= 4 is 64.4 Å². The molecule has 0 saturated carbocycles. The number of thioether (sulfide) groups is 1. The third-order valence-electron chi connectivity index (χ3n) is 9.88. The molecule has 0 fully saturated rings. The first kappa shape index (κ1) is 44.7.